The van der Waals surface area contributed by atoms with Crippen LogP contribution in [0.4, 0.5) is 0 Å². The Kier molecular flexibility index (Phi) is 2.70. The Morgan fingerprint density at radius 2 is 2.00 bits per heavy atom. The summed E-state index contributed by atoms with van der Waals surface area (Å²) in [7, 11) is 3.78. The van der Waals surface area contributed by atoms with Gasteiger partial charge in [0.15, 0.2) is 0 Å². The molecule has 1 aliphatic rings. The molecule has 1 N–H and O–H groups in total. The SMILES string of the molecule is CNC1c2cccc(OC)c2C(C)C1C. The number of hydrogen-bond donors (Lipinski definition) is 1. The molecule has 2 rings (SSSR count). The van der Waals surface area contributed by atoms with E-state index in [1.807, 2.05) is 7.05 Å². The molecular formula is C13H19NO. The molecule has 3 unspecified atom stereocenters. The topological polar surface area (TPSA) is 21.3 Å². The van der Waals surface area contributed by atoms with E-state index in [1.54, 1.807) is 7.11 Å². The maximum absolute atomic E-state index is 5.44. The van der Waals surface area contributed by atoms with Crippen LogP contribution in [-0.4, -0.2) is 14.2 Å². The van der Waals surface area contributed by atoms with Gasteiger partial charge in [0.25, 0.3) is 0 Å². The molecule has 1 aromatic carbocycles. The Labute approximate surface area is 91.6 Å². The van der Waals surface area contributed by atoms with Crippen LogP contribution in [0.2, 0.25) is 0 Å². The van der Waals surface area contributed by atoms with Gasteiger partial charge < -0.3 is 10.1 Å². The van der Waals surface area contributed by atoms with E-state index in [-0.39, 0.29) is 0 Å². The Morgan fingerprint density at radius 1 is 1.27 bits per heavy atom. The lowest BCUT2D eigenvalue weighted by molar-refractivity contribution is 0.386. The maximum Gasteiger partial charge on any atom is 0.122 e. The fourth-order valence-corrected chi connectivity index (χ4v) is 2.75. The molecule has 0 aromatic heterocycles. The molecule has 15 heavy (non-hydrogen) atoms. The molecule has 2 heteroatoms. The molecule has 0 aliphatic heterocycles. The molecule has 2 nitrogen and oxygen atoms in total. The third-order valence-corrected chi connectivity index (χ3v) is 3.74. The van der Waals surface area contributed by atoms with Gasteiger partial charge in [-0.2, -0.15) is 0 Å². The van der Waals surface area contributed by atoms with E-state index in [0.29, 0.717) is 17.9 Å². The Morgan fingerprint density at radius 3 is 2.60 bits per heavy atom. The van der Waals surface area contributed by atoms with E-state index >= 15 is 0 Å². The second-order valence-electron chi connectivity index (χ2n) is 4.38. The van der Waals surface area contributed by atoms with E-state index in [9.17, 15) is 0 Å². The van der Waals surface area contributed by atoms with Gasteiger partial charge in [0, 0.05) is 11.6 Å². The van der Waals surface area contributed by atoms with Crippen LogP contribution in [0.1, 0.15) is 36.9 Å². The van der Waals surface area contributed by atoms with E-state index in [0.717, 1.165) is 5.75 Å². The molecule has 82 valence electrons. The lowest BCUT2D eigenvalue weighted by Crippen LogP contribution is -2.20. The van der Waals surface area contributed by atoms with Gasteiger partial charge in [-0.15, -0.1) is 0 Å². The summed E-state index contributed by atoms with van der Waals surface area (Å²) in [6.45, 7) is 4.58. The minimum absolute atomic E-state index is 0.463. The summed E-state index contributed by atoms with van der Waals surface area (Å²) >= 11 is 0. The molecule has 0 bridgehead atoms. The van der Waals surface area contributed by atoms with Crippen molar-refractivity contribution in [2.75, 3.05) is 14.2 Å². The van der Waals surface area contributed by atoms with E-state index in [2.05, 4.69) is 37.4 Å². The lowest BCUT2D eigenvalue weighted by atomic mass is 9.94. The second-order valence-corrected chi connectivity index (χ2v) is 4.38. The highest BCUT2D eigenvalue weighted by Gasteiger charge is 2.36. The Hall–Kier alpha value is -1.02. The van der Waals surface area contributed by atoms with Crippen molar-refractivity contribution in [2.24, 2.45) is 5.92 Å². The number of benzene rings is 1. The van der Waals surface area contributed by atoms with Gasteiger partial charge in [-0.05, 0) is 30.5 Å². The minimum atomic E-state index is 0.463. The quantitative estimate of drug-likeness (QED) is 0.801. The average molecular weight is 205 g/mol. The fraction of sp³-hybridized carbons (Fsp3) is 0.538. The number of rotatable bonds is 2. The van der Waals surface area contributed by atoms with Gasteiger partial charge in [-0.3, -0.25) is 0 Å². The fourth-order valence-electron chi connectivity index (χ4n) is 2.75. The van der Waals surface area contributed by atoms with Crippen LogP contribution in [0.5, 0.6) is 5.75 Å². The maximum atomic E-state index is 5.44. The van der Waals surface area contributed by atoms with Crippen molar-refractivity contribution < 1.29 is 4.74 Å². The molecular weight excluding hydrogens is 186 g/mol. The standard InChI is InChI=1S/C13H19NO/c1-8-9(2)13(14-3)10-6-5-7-11(15-4)12(8)10/h5-9,13-14H,1-4H3. The number of nitrogens with one attached hydrogen (secondary N) is 1. The van der Waals surface area contributed by atoms with Crippen molar-refractivity contribution >= 4 is 0 Å². The lowest BCUT2D eigenvalue weighted by Gasteiger charge is -2.17. The highest BCUT2D eigenvalue weighted by atomic mass is 16.5. The van der Waals surface area contributed by atoms with Crippen LogP contribution in [0.3, 0.4) is 0 Å². The predicted octanol–water partition coefficient (Wildman–Crippen LogP) is 2.71. The predicted molar refractivity (Wildman–Crippen MR) is 62.4 cm³/mol. The smallest absolute Gasteiger partial charge is 0.122 e. The van der Waals surface area contributed by atoms with Crippen LogP contribution in [0.25, 0.3) is 0 Å². The molecule has 0 amide bonds. The van der Waals surface area contributed by atoms with E-state index < -0.39 is 0 Å². The number of fused-ring (bicyclic) bond motifs is 1. The Balaban J connectivity index is 2.54. The van der Waals surface area contributed by atoms with Crippen molar-refractivity contribution in [1.82, 2.24) is 5.32 Å². The summed E-state index contributed by atoms with van der Waals surface area (Å²) < 4.78 is 5.44. The van der Waals surface area contributed by atoms with Gasteiger partial charge in [0.1, 0.15) is 5.75 Å². The summed E-state index contributed by atoms with van der Waals surface area (Å²) in [6, 6.07) is 6.80. The van der Waals surface area contributed by atoms with E-state index in [1.165, 1.54) is 11.1 Å². The van der Waals surface area contributed by atoms with Crippen LogP contribution in [0, 0.1) is 5.92 Å². The molecule has 0 radical (unpaired) electrons. The summed E-state index contributed by atoms with van der Waals surface area (Å²) in [5.74, 6) is 2.22. The molecule has 0 fully saturated rings. The third kappa shape index (κ3) is 1.44. The summed E-state index contributed by atoms with van der Waals surface area (Å²) in [5, 5.41) is 3.40. The monoisotopic (exact) mass is 205 g/mol. The zero-order chi connectivity index (χ0) is 11.0. The van der Waals surface area contributed by atoms with Crippen molar-refractivity contribution in [1.29, 1.82) is 0 Å². The molecule has 1 aliphatic carbocycles. The van der Waals surface area contributed by atoms with E-state index in [4.69, 9.17) is 4.74 Å². The number of methoxy groups -OCH3 is 1. The first-order chi connectivity index (χ1) is 7.20. The van der Waals surface area contributed by atoms with Gasteiger partial charge in [0.2, 0.25) is 0 Å². The zero-order valence-electron chi connectivity index (χ0n) is 9.87. The van der Waals surface area contributed by atoms with Crippen molar-refractivity contribution in [3.63, 3.8) is 0 Å². The van der Waals surface area contributed by atoms with Gasteiger partial charge in [-0.1, -0.05) is 26.0 Å². The summed E-state index contributed by atoms with van der Waals surface area (Å²) in [5.41, 5.74) is 2.78. The molecule has 0 saturated carbocycles. The molecule has 1 aromatic rings. The van der Waals surface area contributed by atoms with Gasteiger partial charge in [0.05, 0.1) is 7.11 Å². The van der Waals surface area contributed by atoms with Crippen LogP contribution in [-0.2, 0) is 0 Å². The van der Waals surface area contributed by atoms with Crippen LogP contribution >= 0.6 is 0 Å². The third-order valence-electron chi connectivity index (χ3n) is 3.74. The number of ether oxygens (including phenoxy) is 1. The second kappa shape index (κ2) is 3.86. The van der Waals surface area contributed by atoms with Crippen molar-refractivity contribution in [3.8, 4) is 5.75 Å². The molecule has 0 heterocycles. The largest absolute Gasteiger partial charge is 0.496 e. The zero-order valence-corrected chi connectivity index (χ0v) is 9.87. The first-order valence-corrected chi connectivity index (χ1v) is 5.54. The summed E-state index contributed by atoms with van der Waals surface area (Å²) in [6.07, 6.45) is 0. The van der Waals surface area contributed by atoms with Crippen molar-refractivity contribution in [2.45, 2.75) is 25.8 Å². The normalized spacial score (nSPS) is 28.9. The first kappa shape index (κ1) is 10.5. The first-order valence-electron chi connectivity index (χ1n) is 5.54. The molecule has 0 spiro atoms. The van der Waals surface area contributed by atoms with Crippen LogP contribution < -0.4 is 10.1 Å². The molecule has 0 saturated heterocycles. The van der Waals surface area contributed by atoms with Gasteiger partial charge >= 0.3 is 0 Å². The summed E-state index contributed by atoms with van der Waals surface area (Å²) in [4.78, 5) is 0. The van der Waals surface area contributed by atoms with Gasteiger partial charge in [-0.25, -0.2) is 0 Å². The molecule has 3 atom stereocenters. The average Bonchev–Trinajstić information content (AvgIpc) is 2.51. The number of hydrogen-bond acceptors (Lipinski definition) is 2. The van der Waals surface area contributed by atoms with Crippen LogP contribution in [0.15, 0.2) is 18.2 Å². The highest BCUT2D eigenvalue weighted by Crippen LogP contribution is 2.48. The van der Waals surface area contributed by atoms with Crippen molar-refractivity contribution in [3.05, 3.63) is 29.3 Å². The minimum Gasteiger partial charge on any atom is -0.496 e. The highest BCUT2D eigenvalue weighted by molar-refractivity contribution is 5.48. The Bertz CT molecular complexity index is 362.